The molecular formula is C19H24N2O6S2. The molecule has 2 N–H and O–H groups in total. The molecule has 0 aromatic heterocycles. The van der Waals surface area contributed by atoms with Gasteiger partial charge in [-0.1, -0.05) is 17.7 Å². The number of amides is 1. The zero-order chi connectivity index (χ0) is 21.5. The van der Waals surface area contributed by atoms with Crippen molar-refractivity contribution < 1.29 is 26.4 Å². The maximum atomic E-state index is 12.3. The van der Waals surface area contributed by atoms with Gasteiger partial charge < -0.3 is 10.1 Å². The third-order valence-corrected chi connectivity index (χ3v) is 7.08. The summed E-state index contributed by atoms with van der Waals surface area (Å²) in [5.41, 5.74) is 1.21. The van der Waals surface area contributed by atoms with Crippen molar-refractivity contribution in [2.45, 2.75) is 23.1 Å². The maximum absolute atomic E-state index is 12.3. The Morgan fingerprint density at radius 1 is 0.931 bits per heavy atom. The topological polar surface area (TPSA) is 119 Å². The van der Waals surface area contributed by atoms with E-state index in [1.165, 1.54) is 43.5 Å². The van der Waals surface area contributed by atoms with Gasteiger partial charge in [0.1, 0.15) is 5.75 Å². The number of methoxy groups -OCH3 is 1. The van der Waals surface area contributed by atoms with Crippen molar-refractivity contribution in [2.75, 3.05) is 31.3 Å². The van der Waals surface area contributed by atoms with Gasteiger partial charge in [0.05, 0.1) is 9.79 Å². The van der Waals surface area contributed by atoms with E-state index in [0.717, 1.165) is 5.56 Å². The van der Waals surface area contributed by atoms with Crippen molar-refractivity contribution >= 4 is 31.5 Å². The molecule has 0 saturated heterocycles. The quantitative estimate of drug-likeness (QED) is 0.543. The van der Waals surface area contributed by atoms with E-state index in [2.05, 4.69) is 10.0 Å². The van der Waals surface area contributed by atoms with Crippen LogP contribution in [0.2, 0.25) is 0 Å². The van der Waals surface area contributed by atoms with Crippen LogP contribution in [-0.2, 0) is 29.4 Å². The monoisotopic (exact) mass is 440 g/mol. The third-order valence-electron chi connectivity index (χ3n) is 3.97. The first-order chi connectivity index (χ1) is 13.6. The number of hydrogen-bond acceptors (Lipinski definition) is 6. The largest absolute Gasteiger partial charge is 0.385 e. The van der Waals surface area contributed by atoms with E-state index < -0.39 is 31.5 Å². The summed E-state index contributed by atoms with van der Waals surface area (Å²) in [6, 6.07) is 11.7. The van der Waals surface area contributed by atoms with Crippen LogP contribution >= 0.6 is 0 Å². The summed E-state index contributed by atoms with van der Waals surface area (Å²) < 4.78 is 56.3. The molecule has 2 rings (SSSR count). The van der Waals surface area contributed by atoms with Crippen LogP contribution in [0.3, 0.4) is 0 Å². The van der Waals surface area contributed by atoms with Gasteiger partial charge in [-0.05, 0) is 49.7 Å². The van der Waals surface area contributed by atoms with Gasteiger partial charge in [0.25, 0.3) is 0 Å². The van der Waals surface area contributed by atoms with Crippen molar-refractivity contribution in [2.24, 2.45) is 0 Å². The summed E-state index contributed by atoms with van der Waals surface area (Å²) >= 11 is 0. The number of sulfonamides is 1. The second-order valence-corrected chi connectivity index (χ2v) is 10.1. The third kappa shape index (κ3) is 6.93. The van der Waals surface area contributed by atoms with E-state index in [1.807, 2.05) is 6.92 Å². The Hall–Kier alpha value is -2.27. The minimum atomic E-state index is -3.77. The molecule has 10 heteroatoms. The van der Waals surface area contributed by atoms with Crippen molar-refractivity contribution in [3.63, 3.8) is 0 Å². The fourth-order valence-electron chi connectivity index (χ4n) is 2.42. The molecule has 1 amide bonds. The zero-order valence-electron chi connectivity index (χ0n) is 16.2. The second kappa shape index (κ2) is 9.97. The molecule has 0 aliphatic rings. The fourth-order valence-corrected chi connectivity index (χ4v) is 4.63. The van der Waals surface area contributed by atoms with Gasteiger partial charge in [-0.15, -0.1) is 0 Å². The average Bonchev–Trinajstić information content (AvgIpc) is 2.65. The molecule has 158 valence electrons. The molecule has 0 radical (unpaired) electrons. The first kappa shape index (κ1) is 23.0. The number of rotatable bonds is 10. The number of carbonyl (C=O) groups is 1. The van der Waals surface area contributed by atoms with Crippen LogP contribution in [0.25, 0.3) is 0 Å². The highest BCUT2D eigenvalue weighted by molar-refractivity contribution is 7.92. The number of nitrogens with one attached hydrogen (secondary N) is 2. The highest BCUT2D eigenvalue weighted by Crippen LogP contribution is 2.16. The van der Waals surface area contributed by atoms with Crippen LogP contribution in [0.15, 0.2) is 58.3 Å². The Morgan fingerprint density at radius 3 is 2.10 bits per heavy atom. The Balaban J connectivity index is 1.98. The van der Waals surface area contributed by atoms with E-state index in [1.54, 1.807) is 12.1 Å². The zero-order valence-corrected chi connectivity index (χ0v) is 17.8. The first-order valence-electron chi connectivity index (χ1n) is 8.82. The van der Waals surface area contributed by atoms with Gasteiger partial charge >= 0.3 is 0 Å². The molecule has 0 spiro atoms. The molecule has 2 aromatic carbocycles. The minimum Gasteiger partial charge on any atom is -0.385 e. The highest BCUT2D eigenvalue weighted by atomic mass is 32.2. The lowest BCUT2D eigenvalue weighted by atomic mass is 10.2. The summed E-state index contributed by atoms with van der Waals surface area (Å²) in [5.74, 6) is -1.42. The number of hydrogen-bond donors (Lipinski definition) is 2. The number of ether oxygens (including phenoxy) is 1. The number of sulfone groups is 1. The van der Waals surface area contributed by atoms with Crippen LogP contribution in [0, 0.1) is 6.92 Å². The number of anilines is 1. The normalized spacial score (nSPS) is 11.9. The van der Waals surface area contributed by atoms with E-state index in [-0.39, 0.29) is 16.3 Å². The Kier molecular flexibility index (Phi) is 7.91. The predicted molar refractivity (Wildman–Crippen MR) is 110 cm³/mol. The van der Waals surface area contributed by atoms with Gasteiger partial charge in [-0.3, -0.25) is 4.79 Å². The van der Waals surface area contributed by atoms with Crippen molar-refractivity contribution in [1.82, 2.24) is 4.72 Å². The molecule has 0 aliphatic carbocycles. The molecule has 0 heterocycles. The van der Waals surface area contributed by atoms with Crippen molar-refractivity contribution in [1.29, 1.82) is 0 Å². The minimum absolute atomic E-state index is 0.0418. The fraction of sp³-hybridized carbons (Fsp3) is 0.316. The van der Waals surface area contributed by atoms with Gasteiger partial charge in [-0.2, -0.15) is 0 Å². The Bertz CT molecular complexity index is 1030. The first-order valence-corrected chi connectivity index (χ1v) is 12.0. The Morgan fingerprint density at radius 2 is 1.52 bits per heavy atom. The van der Waals surface area contributed by atoms with Crippen LogP contribution in [-0.4, -0.2) is 48.8 Å². The highest BCUT2D eigenvalue weighted by Gasteiger charge is 2.20. The second-order valence-electron chi connectivity index (χ2n) is 6.39. The lowest BCUT2D eigenvalue weighted by Gasteiger charge is -2.09. The van der Waals surface area contributed by atoms with E-state index in [4.69, 9.17) is 4.74 Å². The number of aryl methyl sites for hydroxylation is 1. The molecule has 0 fully saturated rings. The van der Waals surface area contributed by atoms with Crippen LogP contribution in [0.4, 0.5) is 5.69 Å². The molecule has 0 saturated carbocycles. The molecule has 29 heavy (non-hydrogen) atoms. The molecule has 2 aromatic rings. The van der Waals surface area contributed by atoms with Crippen molar-refractivity contribution in [3.8, 4) is 0 Å². The molecule has 0 aliphatic heterocycles. The number of carbonyl (C=O) groups excluding carboxylic acids is 1. The molecule has 0 bridgehead atoms. The number of benzene rings is 2. The van der Waals surface area contributed by atoms with Crippen molar-refractivity contribution in [3.05, 3.63) is 54.1 Å². The molecule has 0 unspecified atom stereocenters. The summed E-state index contributed by atoms with van der Waals surface area (Å²) in [6.45, 7) is 2.52. The van der Waals surface area contributed by atoms with Crippen LogP contribution in [0.1, 0.15) is 12.0 Å². The summed E-state index contributed by atoms with van der Waals surface area (Å²) in [7, 11) is -5.90. The lowest BCUT2D eigenvalue weighted by molar-refractivity contribution is -0.113. The smallest absolute Gasteiger partial charge is 0.240 e. The Labute approximate surface area is 171 Å². The lowest BCUT2D eigenvalue weighted by Crippen LogP contribution is -2.25. The summed E-state index contributed by atoms with van der Waals surface area (Å²) in [5, 5.41) is 2.47. The maximum Gasteiger partial charge on any atom is 0.240 e. The predicted octanol–water partition coefficient (Wildman–Crippen LogP) is 1.72. The summed E-state index contributed by atoms with van der Waals surface area (Å²) in [6.07, 6.45) is 0.541. The van der Waals surface area contributed by atoms with Gasteiger partial charge in [0.2, 0.25) is 15.9 Å². The standard InChI is InChI=1S/C19H24N2O6S2/c1-15-4-8-17(9-5-15)28(23,24)14-19(22)21-16-6-10-18(11-7-16)29(25,26)20-12-3-13-27-2/h4-11,20H,3,12-14H2,1-2H3,(H,21,22). The van der Waals surface area contributed by atoms with E-state index in [9.17, 15) is 21.6 Å². The SMILES string of the molecule is COCCCNS(=O)(=O)c1ccc(NC(=O)CS(=O)(=O)c2ccc(C)cc2)cc1. The van der Waals surface area contributed by atoms with Gasteiger partial charge in [0, 0.05) is 25.9 Å². The summed E-state index contributed by atoms with van der Waals surface area (Å²) in [4.78, 5) is 12.2. The van der Waals surface area contributed by atoms with E-state index in [0.29, 0.717) is 18.7 Å². The average molecular weight is 441 g/mol. The molecule has 0 atom stereocenters. The van der Waals surface area contributed by atoms with E-state index >= 15 is 0 Å². The van der Waals surface area contributed by atoms with Gasteiger partial charge in [-0.25, -0.2) is 21.6 Å². The van der Waals surface area contributed by atoms with Crippen LogP contribution in [0.5, 0.6) is 0 Å². The molecule has 8 nitrogen and oxygen atoms in total. The molecular weight excluding hydrogens is 416 g/mol. The van der Waals surface area contributed by atoms with Gasteiger partial charge in [0.15, 0.2) is 9.84 Å². The van der Waals surface area contributed by atoms with Crippen LogP contribution < -0.4 is 10.0 Å².